The fourth-order valence-electron chi connectivity index (χ4n) is 6.72. The van der Waals surface area contributed by atoms with Crippen LogP contribution in [-0.4, -0.2) is 82.3 Å². The minimum atomic E-state index is -1.21. The second-order valence-electron chi connectivity index (χ2n) is 12.1. The molecule has 0 radical (unpaired) electrons. The maximum absolute atomic E-state index is 14.3. The van der Waals surface area contributed by atoms with Crippen LogP contribution in [-0.2, 0) is 23.9 Å². The van der Waals surface area contributed by atoms with Crippen molar-refractivity contribution in [1.29, 1.82) is 0 Å². The van der Waals surface area contributed by atoms with E-state index < -0.39 is 41.1 Å². The molecule has 0 aromatic heterocycles. The maximum Gasteiger partial charge on any atom is 0.313 e. The van der Waals surface area contributed by atoms with Crippen molar-refractivity contribution >= 4 is 17.8 Å². The molecule has 194 valence electrons. The van der Waals surface area contributed by atoms with Gasteiger partial charge in [-0.2, -0.15) is 0 Å². The number of hydrogen-bond donors (Lipinski definition) is 1. The van der Waals surface area contributed by atoms with Gasteiger partial charge >= 0.3 is 5.97 Å². The van der Waals surface area contributed by atoms with Crippen LogP contribution in [0.5, 0.6) is 0 Å². The number of unbranched alkanes of at least 4 members (excludes halogenated alkanes) is 2. The Hall–Kier alpha value is -2.19. The lowest BCUT2D eigenvalue weighted by Crippen LogP contribution is -2.59. The van der Waals surface area contributed by atoms with Crippen molar-refractivity contribution in [1.82, 2.24) is 9.80 Å². The van der Waals surface area contributed by atoms with E-state index in [1.165, 1.54) is 0 Å². The summed E-state index contributed by atoms with van der Waals surface area (Å²) in [5.41, 5.74) is -1.66. The molecule has 1 N–H and O–H groups in total. The third-order valence-electron chi connectivity index (χ3n) is 7.66. The number of ether oxygens (including phenoxy) is 2. The number of fused-ring (bicyclic) bond motifs is 2. The zero-order valence-electron chi connectivity index (χ0n) is 21.7. The number of nitrogens with zero attached hydrogens (tertiary/aromatic N) is 2. The molecule has 4 heterocycles. The van der Waals surface area contributed by atoms with E-state index in [1.54, 1.807) is 17.1 Å². The zero-order valence-corrected chi connectivity index (χ0v) is 21.7. The Morgan fingerprint density at radius 3 is 2.49 bits per heavy atom. The van der Waals surface area contributed by atoms with Gasteiger partial charge in [0.25, 0.3) is 0 Å². The van der Waals surface area contributed by atoms with E-state index in [9.17, 15) is 19.5 Å². The van der Waals surface area contributed by atoms with E-state index in [2.05, 4.69) is 34.6 Å². The molecule has 0 aliphatic carbocycles. The van der Waals surface area contributed by atoms with Crippen LogP contribution in [0.25, 0.3) is 0 Å². The first-order valence-electron chi connectivity index (χ1n) is 12.8. The molecule has 1 unspecified atom stereocenters. The van der Waals surface area contributed by atoms with Crippen molar-refractivity contribution in [3.05, 3.63) is 24.3 Å². The van der Waals surface area contributed by atoms with Crippen LogP contribution in [0.1, 0.15) is 60.3 Å². The molecule has 4 aliphatic rings. The molecule has 4 rings (SSSR count). The first-order valence-corrected chi connectivity index (χ1v) is 12.8. The molecule has 35 heavy (non-hydrogen) atoms. The Balaban J connectivity index is 1.75. The van der Waals surface area contributed by atoms with E-state index in [1.807, 2.05) is 17.1 Å². The van der Waals surface area contributed by atoms with Gasteiger partial charge in [-0.15, -0.1) is 0 Å². The molecule has 0 aromatic rings. The van der Waals surface area contributed by atoms with Gasteiger partial charge in [-0.1, -0.05) is 39.0 Å². The first kappa shape index (κ1) is 25.9. The molecule has 8 heteroatoms. The Kier molecular flexibility index (Phi) is 6.92. The first-order chi connectivity index (χ1) is 16.4. The van der Waals surface area contributed by atoms with Crippen molar-refractivity contribution in [3.8, 4) is 0 Å². The van der Waals surface area contributed by atoms with Gasteiger partial charge in [-0.05, 0) is 51.0 Å². The van der Waals surface area contributed by atoms with Crippen LogP contribution in [0.3, 0.4) is 0 Å². The van der Waals surface area contributed by atoms with Gasteiger partial charge in [-0.3, -0.25) is 14.4 Å². The summed E-state index contributed by atoms with van der Waals surface area (Å²) in [5, 5.41) is 9.18. The average molecular weight is 489 g/mol. The number of aliphatic hydroxyl groups is 1. The van der Waals surface area contributed by atoms with Crippen LogP contribution in [0.4, 0.5) is 0 Å². The summed E-state index contributed by atoms with van der Waals surface area (Å²) in [6.07, 6.45) is 9.55. The normalized spacial score (nSPS) is 32.8. The SMILES string of the molecule is CC(C)(C)CC(C)(C)N1CC=C[C@]23O[C@@H]4C=CCOC(=O)[C@@H]4[C@H]2C(=O)N(CCCCCO)C3C1=O. The van der Waals surface area contributed by atoms with Crippen molar-refractivity contribution < 1.29 is 29.0 Å². The largest absolute Gasteiger partial charge is 0.461 e. The van der Waals surface area contributed by atoms with Crippen LogP contribution in [0.15, 0.2) is 24.3 Å². The smallest absolute Gasteiger partial charge is 0.313 e. The number of esters is 1. The van der Waals surface area contributed by atoms with Crippen LogP contribution in [0.2, 0.25) is 0 Å². The topological polar surface area (TPSA) is 96.4 Å². The predicted octanol–water partition coefficient (Wildman–Crippen LogP) is 2.46. The summed E-state index contributed by atoms with van der Waals surface area (Å²) in [6, 6.07) is -0.847. The lowest BCUT2D eigenvalue weighted by Gasteiger charge is -2.44. The molecule has 0 saturated carbocycles. The number of carbonyl (C=O) groups is 3. The highest BCUT2D eigenvalue weighted by Crippen LogP contribution is 2.53. The fourth-order valence-corrected chi connectivity index (χ4v) is 6.72. The molecular weight excluding hydrogens is 448 g/mol. The van der Waals surface area contributed by atoms with Gasteiger partial charge in [0.05, 0.1) is 12.0 Å². The highest BCUT2D eigenvalue weighted by Gasteiger charge is 2.72. The second kappa shape index (κ2) is 9.36. The summed E-state index contributed by atoms with van der Waals surface area (Å²) < 4.78 is 11.9. The molecule has 2 fully saturated rings. The molecule has 5 atom stereocenters. The number of aliphatic hydroxyl groups excluding tert-OH is 1. The number of cyclic esters (lactones) is 1. The standard InChI is InChI=1S/C27H40N2O6/c1-25(2,3)17-26(4,5)29-14-10-12-27-20(19-18(35-27)11-9-16-34-24(19)33)22(31)28(21(27)23(29)32)13-7-6-8-15-30/h9-12,18-21,30H,6-8,13-17H2,1-5H3/t18-,19+,20+,21?,27+/m1/s1. The molecule has 0 bridgehead atoms. The van der Waals surface area contributed by atoms with Gasteiger partial charge in [0.1, 0.15) is 24.2 Å². The number of amides is 2. The monoisotopic (exact) mass is 488 g/mol. The molecule has 8 nitrogen and oxygen atoms in total. The fraction of sp³-hybridized carbons (Fsp3) is 0.741. The van der Waals surface area contributed by atoms with Gasteiger partial charge in [0.2, 0.25) is 11.8 Å². The van der Waals surface area contributed by atoms with Gasteiger partial charge in [-0.25, -0.2) is 0 Å². The maximum atomic E-state index is 14.3. The Bertz CT molecular complexity index is 919. The van der Waals surface area contributed by atoms with Crippen molar-refractivity contribution in [2.24, 2.45) is 17.3 Å². The van der Waals surface area contributed by atoms with E-state index in [-0.39, 0.29) is 30.4 Å². The second-order valence-corrected chi connectivity index (χ2v) is 12.1. The summed E-state index contributed by atoms with van der Waals surface area (Å²) in [4.78, 5) is 44.7. The van der Waals surface area contributed by atoms with Gasteiger partial charge in [0, 0.05) is 25.2 Å². The van der Waals surface area contributed by atoms with Gasteiger partial charge < -0.3 is 24.4 Å². The molecular formula is C27H40N2O6. The number of hydrogen-bond acceptors (Lipinski definition) is 6. The Morgan fingerprint density at radius 2 is 1.80 bits per heavy atom. The summed E-state index contributed by atoms with van der Waals surface area (Å²) in [6.45, 7) is 11.6. The van der Waals surface area contributed by atoms with Crippen molar-refractivity contribution in [3.63, 3.8) is 0 Å². The molecule has 1 spiro atoms. The number of carbonyl (C=O) groups excluding carboxylic acids is 3. The minimum Gasteiger partial charge on any atom is -0.461 e. The molecule has 2 amide bonds. The quantitative estimate of drug-likeness (QED) is 0.336. The zero-order chi connectivity index (χ0) is 25.6. The van der Waals surface area contributed by atoms with Crippen molar-refractivity contribution in [2.75, 3.05) is 26.3 Å². The van der Waals surface area contributed by atoms with E-state index in [0.29, 0.717) is 25.9 Å². The minimum absolute atomic E-state index is 0.00109. The Morgan fingerprint density at radius 1 is 1.06 bits per heavy atom. The number of rotatable bonds is 7. The van der Waals surface area contributed by atoms with Crippen molar-refractivity contribution in [2.45, 2.75) is 83.6 Å². The molecule has 0 aromatic carbocycles. The third kappa shape index (κ3) is 4.55. The highest BCUT2D eigenvalue weighted by atomic mass is 16.6. The van der Waals surface area contributed by atoms with E-state index >= 15 is 0 Å². The van der Waals surface area contributed by atoms with E-state index in [0.717, 1.165) is 12.8 Å². The van der Waals surface area contributed by atoms with Crippen LogP contribution in [0, 0.1) is 17.3 Å². The summed E-state index contributed by atoms with van der Waals surface area (Å²) in [7, 11) is 0. The lowest BCUT2D eigenvalue weighted by molar-refractivity contribution is -0.154. The number of likely N-dealkylation sites (tertiary alicyclic amines) is 1. The Labute approximate surface area is 208 Å². The van der Waals surface area contributed by atoms with E-state index in [4.69, 9.17) is 9.47 Å². The van der Waals surface area contributed by atoms with Crippen LogP contribution < -0.4 is 0 Å². The summed E-state index contributed by atoms with van der Waals surface area (Å²) in [5.74, 6) is -2.41. The lowest BCUT2D eigenvalue weighted by atomic mass is 9.77. The summed E-state index contributed by atoms with van der Waals surface area (Å²) >= 11 is 0. The third-order valence-corrected chi connectivity index (χ3v) is 7.66. The molecule has 4 aliphatic heterocycles. The predicted molar refractivity (Wildman–Crippen MR) is 130 cm³/mol. The van der Waals surface area contributed by atoms with Crippen LogP contribution >= 0.6 is 0 Å². The highest BCUT2D eigenvalue weighted by molar-refractivity contribution is 5.99. The van der Waals surface area contributed by atoms with Gasteiger partial charge in [0.15, 0.2) is 0 Å². The molecule has 2 saturated heterocycles. The average Bonchev–Trinajstić information content (AvgIpc) is 3.03.